The van der Waals surface area contributed by atoms with E-state index < -0.39 is 0 Å². The topological polar surface area (TPSA) is 79.8 Å². The lowest BCUT2D eigenvalue weighted by atomic mass is 9.92. The molecule has 2 aromatic heterocycles. The zero-order chi connectivity index (χ0) is 19.8. The Kier molecular flexibility index (Phi) is 4.83. The molecule has 2 radical (unpaired) electrons. The van der Waals surface area contributed by atoms with Gasteiger partial charge in [-0.1, -0.05) is 24.9 Å². The summed E-state index contributed by atoms with van der Waals surface area (Å²) < 4.78 is 1.95. The van der Waals surface area contributed by atoms with Crippen molar-refractivity contribution in [3.05, 3.63) is 57.1 Å². The van der Waals surface area contributed by atoms with Crippen LogP contribution in [0.4, 0.5) is 0 Å². The highest BCUT2D eigenvalue weighted by Gasteiger charge is 2.27. The number of aryl methyl sites for hydroxylation is 2. The predicted octanol–water partition coefficient (Wildman–Crippen LogP) is 2.04. The first-order valence-electron chi connectivity index (χ1n) is 9.74. The SMILES string of the molecule is [B]c1cc(C(=O)NCc2c(CCC)cc(C)[nH]c2=O)c2cnn(C3CC3)c2c1. The van der Waals surface area contributed by atoms with Crippen LogP contribution in [0.3, 0.4) is 0 Å². The summed E-state index contributed by atoms with van der Waals surface area (Å²) >= 11 is 0. The molecule has 28 heavy (non-hydrogen) atoms. The fourth-order valence-electron chi connectivity index (χ4n) is 3.70. The quantitative estimate of drug-likeness (QED) is 0.648. The van der Waals surface area contributed by atoms with E-state index >= 15 is 0 Å². The minimum atomic E-state index is -0.255. The average molecular weight is 374 g/mol. The predicted molar refractivity (Wildman–Crippen MR) is 110 cm³/mol. The smallest absolute Gasteiger partial charge is 0.253 e. The van der Waals surface area contributed by atoms with Crippen LogP contribution in [-0.2, 0) is 13.0 Å². The van der Waals surface area contributed by atoms with Gasteiger partial charge in [-0.25, -0.2) is 0 Å². The molecule has 0 unspecified atom stereocenters. The largest absolute Gasteiger partial charge is 0.348 e. The van der Waals surface area contributed by atoms with E-state index in [4.69, 9.17) is 7.85 Å². The molecule has 2 heterocycles. The number of aromatic amines is 1. The second kappa shape index (κ2) is 7.30. The van der Waals surface area contributed by atoms with Gasteiger partial charge in [-0.3, -0.25) is 14.3 Å². The van der Waals surface area contributed by atoms with Crippen LogP contribution in [0, 0.1) is 6.92 Å². The normalized spacial score (nSPS) is 13.8. The zero-order valence-corrected chi connectivity index (χ0v) is 16.2. The Hall–Kier alpha value is -2.83. The number of nitrogens with one attached hydrogen (secondary N) is 2. The van der Waals surface area contributed by atoms with Crippen molar-refractivity contribution in [2.45, 2.75) is 52.1 Å². The lowest BCUT2D eigenvalue weighted by Gasteiger charge is -2.12. The third kappa shape index (κ3) is 3.49. The highest BCUT2D eigenvalue weighted by molar-refractivity contribution is 6.34. The van der Waals surface area contributed by atoms with Gasteiger partial charge in [0.2, 0.25) is 0 Å². The molecule has 3 aromatic rings. The van der Waals surface area contributed by atoms with E-state index in [1.807, 2.05) is 23.7 Å². The molecule has 0 spiro atoms. The van der Waals surface area contributed by atoms with Crippen molar-refractivity contribution in [1.29, 1.82) is 0 Å². The molecule has 4 rings (SSSR count). The molecule has 142 valence electrons. The number of amides is 1. The zero-order valence-electron chi connectivity index (χ0n) is 16.2. The van der Waals surface area contributed by atoms with Gasteiger partial charge in [-0.05, 0) is 43.9 Å². The van der Waals surface area contributed by atoms with Gasteiger partial charge in [-0.15, -0.1) is 0 Å². The van der Waals surface area contributed by atoms with Crippen LogP contribution in [0.25, 0.3) is 10.9 Å². The standard InChI is InChI=1S/C21H23BN4O2/c1-3-4-13-7-12(2)25-21(28)17(13)10-23-20(27)16-8-14(22)9-19-18(16)11-24-26(19)15-5-6-15/h7-9,11,15H,3-6,10H2,1-2H3,(H,23,27)(H,25,28). The Balaban J connectivity index is 1.62. The molecule has 1 aromatic carbocycles. The molecule has 2 N–H and O–H groups in total. The van der Waals surface area contributed by atoms with E-state index in [9.17, 15) is 9.59 Å². The maximum absolute atomic E-state index is 12.9. The number of carbonyl (C=O) groups is 1. The van der Waals surface area contributed by atoms with Crippen LogP contribution in [-0.4, -0.2) is 28.5 Å². The fraction of sp³-hybridized carbons (Fsp3) is 0.381. The molecule has 1 aliphatic carbocycles. The Morgan fingerprint density at radius 2 is 2.14 bits per heavy atom. The van der Waals surface area contributed by atoms with Gasteiger partial charge in [0.25, 0.3) is 11.5 Å². The summed E-state index contributed by atoms with van der Waals surface area (Å²) in [6, 6.07) is 5.91. The number of rotatable bonds is 6. The molecule has 0 bridgehead atoms. The molecule has 1 aliphatic rings. The van der Waals surface area contributed by atoms with Crippen molar-refractivity contribution >= 4 is 30.1 Å². The summed E-state index contributed by atoms with van der Waals surface area (Å²) in [7, 11) is 6.05. The first kappa shape index (κ1) is 18.5. The van der Waals surface area contributed by atoms with Crippen LogP contribution < -0.4 is 16.3 Å². The Morgan fingerprint density at radius 3 is 2.86 bits per heavy atom. The number of fused-ring (bicyclic) bond motifs is 1. The number of benzene rings is 1. The summed E-state index contributed by atoms with van der Waals surface area (Å²) in [6.45, 7) is 4.11. The number of carbonyl (C=O) groups excluding carboxylic acids is 1. The Bertz CT molecular complexity index is 1110. The summed E-state index contributed by atoms with van der Waals surface area (Å²) in [5.41, 5.74) is 4.16. The lowest BCUT2D eigenvalue weighted by molar-refractivity contribution is 0.0952. The molecule has 0 aliphatic heterocycles. The third-order valence-electron chi connectivity index (χ3n) is 5.18. The van der Waals surface area contributed by atoms with Crippen LogP contribution >= 0.6 is 0 Å². The summed E-state index contributed by atoms with van der Waals surface area (Å²) in [4.78, 5) is 28.1. The van der Waals surface area contributed by atoms with Gasteiger partial charge < -0.3 is 10.3 Å². The highest BCUT2D eigenvalue weighted by Crippen LogP contribution is 2.36. The maximum atomic E-state index is 12.9. The van der Waals surface area contributed by atoms with Crippen molar-refractivity contribution in [2.24, 2.45) is 0 Å². The van der Waals surface area contributed by atoms with Crippen LogP contribution in [0.5, 0.6) is 0 Å². The molecule has 0 saturated heterocycles. The number of pyridine rings is 1. The van der Waals surface area contributed by atoms with Crippen LogP contribution in [0.2, 0.25) is 0 Å². The number of H-pyrrole nitrogens is 1. The monoisotopic (exact) mass is 374 g/mol. The summed E-state index contributed by atoms with van der Waals surface area (Å²) in [5, 5.41) is 8.13. The van der Waals surface area contributed by atoms with Crippen LogP contribution in [0.15, 0.2) is 29.2 Å². The minimum absolute atomic E-state index is 0.150. The molecule has 0 atom stereocenters. The second-order valence-electron chi connectivity index (χ2n) is 7.54. The van der Waals surface area contributed by atoms with Gasteiger partial charge in [0.1, 0.15) is 7.85 Å². The molecule has 1 saturated carbocycles. The van der Waals surface area contributed by atoms with Crippen molar-refractivity contribution in [1.82, 2.24) is 20.1 Å². The third-order valence-corrected chi connectivity index (χ3v) is 5.18. The van der Waals surface area contributed by atoms with E-state index in [1.165, 1.54) is 0 Å². The molecular weight excluding hydrogens is 351 g/mol. The Morgan fingerprint density at radius 1 is 1.36 bits per heavy atom. The molecule has 7 heteroatoms. The van der Waals surface area contributed by atoms with Crippen molar-refractivity contribution in [2.75, 3.05) is 0 Å². The fourth-order valence-corrected chi connectivity index (χ4v) is 3.70. The van der Waals surface area contributed by atoms with Gasteiger partial charge in [-0.2, -0.15) is 5.10 Å². The number of hydrogen-bond acceptors (Lipinski definition) is 3. The number of nitrogens with zero attached hydrogens (tertiary/aromatic N) is 2. The van der Waals surface area contributed by atoms with Crippen molar-refractivity contribution in [3.8, 4) is 0 Å². The summed E-state index contributed by atoms with van der Waals surface area (Å²) in [5.74, 6) is -0.255. The van der Waals surface area contributed by atoms with Gasteiger partial charge in [0, 0.05) is 28.8 Å². The van der Waals surface area contributed by atoms with Gasteiger partial charge in [0.15, 0.2) is 0 Å². The second-order valence-corrected chi connectivity index (χ2v) is 7.54. The van der Waals surface area contributed by atoms with Crippen LogP contribution in [0.1, 0.15) is 59.4 Å². The van der Waals surface area contributed by atoms with E-state index in [-0.39, 0.29) is 18.0 Å². The van der Waals surface area contributed by atoms with E-state index in [2.05, 4.69) is 22.3 Å². The van der Waals surface area contributed by atoms with Gasteiger partial charge in [0.05, 0.1) is 17.8 Å². The van der Waals surface area contributed by atoms with Crippen molar-refractivity contribution in [3.63, 3.8) is 0 Å². The summed E-state index contributed by atoms with van der Waals surface area (Å²) in [6.07, 6.45) is 5.66. The highest BCUT2D eigenvalue weighted by atomic mass is 16.1. The van der Waals surface area contributed by atoms with E-state index in [0.29, 0.717) is 22.6 Å². The molecular formula is C21H23BN4O2. The molecule has 6 nitrogen and oxygen atoms in total. The van der Waals surface area contributed by atoms with Gasteiger partial charge >= 0.3 is 0 Å². The average Bonchev–Trinajstić information content (AvgIpc) is 3.40. The lowest BCUT2D eigenvalue weighted by Crippen LogP contribution is -2.29. The maximum Gasteiger partial charge on any atom is 0.253 e. The van der Waals surface area contributed by atoms with Crippen molar-refractivity contribution < 1.29 is 4.79 Å². The van der Waals surface area contributed by atoms with E-state index in [0.717, 1.165) is 47.8 Å². The number of aromatic nitrogens is 3. The molecule has 1 amide bonds. The Labute approximate surface area is 164 Å². The minimum Gasteiger partial charge on any atom is -0.348 e. The first-order valence-corrected chi connectivity index (χ1v) is 9.74. The van der Waals surface area contributed by atoms with E-state index in [1.54, 1.807) is 12.3 Å². The molecule has 1 fully saturated rings. The first-order chi connectivity index (χ1) is 13.5. The number of hydrogen-bond donors (Lipinski definition) is 2.